The second-order valence-electron chi connectivity index (χ2n) is 9.88. The molecule has 3 aromatic rings. The fraction of sp³-hybridized carbons (Fsp3) is 0.286. The van der Waals surface area contributed by atoms with E-state index in [0.29, 0.717) is 13.3 Å². The Labute approximate surface area is 242 Å². The molecular weight excluding hydrogens is 701 g/mol. The maximum Gasteiger partial charge on any atom is 1.00 e. The number of benzene rings is 3. The van der Waals surface area contributed by atoms with Gasteiger partial charge in [-0.2, -0.15) is 30.3 Å². The summed E-state index contributed by atoms with van der Waals surface area (Å²) in [5.41, 5.74) is 0. The van der Waals surface area contributed by atoms with E-state index < -0.39 is 13.3 Å². The first-order valence-electron chi connectivity index (χ1n) is 12.1. The number of rotatable bonds is 3. The predicted octanol–water partition coefficient (Wildman–Crippen LogP) is 3.42. The van der Waals surface area contributed by atoms with Crippen molar-refractivity contribution >= 4 is 52.8 Å². The molecule has 2 heterocycles. The van der Waals surface area contributed by atoms with Crippen molar-refractivity contribution in [1.82, 2.24) is 14.7 Å². The Morgan fingerprint density at radius 2 is 1.24 bits per heavy atom. The number of nitrogens with zero attached hydrogens (tertiary/aromatic N) is 3. The van der Waals surface area contributed by atoms with Crippen LogP contribution in [0.5, 0.6) is 0 Å². The quantitative estimate of drug-likeness (QED) is 0.235. The van der Waals surface area contributed by atoms with Crippen LogP contribution in [-0.4, -0.2) is 65.4 Å². The molecule has 2 aliphatic heterocycles. The SMILES string of the molecule is CC(=O)N1CN2CN(C(C)=O)C[PH](C)(C2)C1.S=P(c1[c-]cccc1)(c1ccccc1)c1ccccc1.[Au+]. The van der Waals surface area contributed by atoms with Gasteiger partial charge in [0.05, 0.1) is 0 Å². The Balaban J connectivity index is 0.000000205. The van der Waals surface area contributed by atoms with E-state index in [-0.39, 0.29) is 34.2 Å². The van der Waals surface area contributed by atoms with Gasteiger partial charge in [0, 0.05) is 6.04 Å². The van der Waals surface area contributed by atoms with Gasteiger partial charge in [0.25, 0.3) is 0 Å². The summed E-state index contributed by atoms with van der Waals surface area (Å²) in [6.07, 6.45) is 2.89. The minimum Gasteiger partial charge on any atom is -0.176 e. The summed E-state index contributed by atoms with van der Waals surface area (Å²) in [7, 11) is -1.50. The van der Waals surface area contributed by atoms with Crippen LogP contribution in [0.1, 0.15) is 13.8 Å². The molecule has 0 aromatic heterocycles. The number of amides is 2. The molecule has 2 amide bonds. The summed E-state index contributed by atoms with van der Waals surface area (Å²) in [5.74, 6) is 0.305. The molecule has 0 aliphatic carbocycles. The molecule has 9 heteroatoms. The van der Waals surface area contributed by atoms with Gasteiger partial charge in [0.1, 0.15) is 0 Å². The molecule has 5 rings (SSSR count). The van der Waals surface area contributed by atoms with Gasteiger partial charge in [-0.05, 0) is 10.6 Å². The van der Waals surface area contributed by atoms with Gasteiger partial charge < -0.3 is 0 Å². The minimum absolute atomic E-state index is 0. The van der Waals surface area contributed by atoms with E-state index in [1.54, 1.807) is 13.8 Å². The maximum absolute atomic E-state index is 11.4. The summed E-state index contributed by atoms with van der Waals surface area (Å²) < 4.78 is 0. The minimum atomic E-state index is -2.00. The number of hydrogen-bond acceptors (Lipinski definition) is 4. The van der Waals surface area contributed by atoms with Crippen LogP contribution in [0, 0.1) is 6.07 Å². The van der Waals surface area contributed by atoms with Crippen LogP contribution in [0.25, 0.3) is 0 Å². The van der Waals surface area contributed by atoms with E-state index in [2.05, 4.69) is 72.2 Å². The molecule has 37 heavy (non-hydrogen) atoms. The zero-order valence-corrected chi connectivity index (χ0v) is 26.3. The first-order chi connectivity index (χ1) is 17.2. The third-order valence-electron chi connectivity index (χ3n) is 6.65. The van der Waals surface area contributed by atoms with Crippen LogP contribution in [0.4, 0.5) is 0 Å². The first kappa shape index (κ1) is 29.9. The van der Waals surface area contributed by atoms with Crippen molar-refractivity contribution in [3.05, 3.63) is 91.0 Å². The molecule has 0 spiro atoms. The molecule has 2 fully saturated rings. The van der Waals surface area contributed by atoms with Crippen molar-refractivity contribution in [2.24, 2.45) is 0 Å². The van der Waals surface area contributed by atoms with Crippen molar-refractivity contribution in [2.45, 2.75) is 13.8 Å². The second-order valence-corrected chi connectivity index (χ2v) is 18.8. The summed E-state index contributed by atoms with van der Waals surface area (Å²) in [6, 6.07) is 30.2. The van der Waals surface area contributed by atoms with Gasteiger partial charge in [0.15, 0.2) is 0 Å². The Hall–Kier alpha value is -1.62. The zero-order valence-electron chi connectivity index (χ0n) is 21.4. The third-order valence-corrected chi connectivity index (χ3v) is 15.0. The van der Waals surface area contributed by atoms with E-state index in [4.69, 9.17) is 11.8 Å². The Bertz CT molecular complexity index is 1120. The summed E-state index contributed by atoms with van der Waals surface area (Å²) in [6.45, 7) is 6.90. The van der Waals surface area contributed by atoms with Crippen molar-refractivity contribution in [2.75, 3.05) is 38.9 Å². The van der Waals surface area contributed by atoms with E-state index in [1.807, 2.05) is 40.1 Å². The summed E-state index contributed by atoms with van der Waals surface area (Å²) in [4.78, 5) is 28.9. The van der Waals surface area contributed by atoms with Crippen LogP contribution in [0.2, 0.25) is 0 Å². The fourth-order valence-corrected chi connectivity index (χ4v) is 12.8. The molecule has 0 atom stereocenters. The fourth-order valence-electron chi connectivity index (χ4n) is 5.04. The number of carbonyl (C=O) groups is 2. The predicted molar refractivity (Wildman–Crippen MR) is 157 cm³/mol. The summed E-state index contributed by atoms with van der Waals surface area (Å²) >= 11 is 6.18. The van der Waals surface area contributed by atoms with Crippen LogP contribution >= 0.6 is 13.3 Å². The van der Waals surface area contributed by atoms with E-state index in [1.165, 1.54) is 10.6 Å². The third kappa shape index (κ3) is 7.07. The number of fused-ring (bicyclic) bond motifs is 2. The maximum atomic E-state index is 11.4. The van der Waals surface area contributed by atoms with E-state index in [9.17, 15) is 9.59 Å². The van der Waals surface area contributed by atoms with Crippen LogP contribution in [-0.2, 0) is 43.8 Å². The van der Waals surface area contributed by atoms with Gasteiger partial charge in [-0.1, -0.05) is 72.5 Å². The number of carbonyl (C=O) groups excluding carboxylic acids is 2. The molecule has 0 N–H and O–H groups in total. The molecule has 5 nitrogen and oxygen atoms in total. The molecule has 200 valence electrons. The van der Waals surface area contributed by atoms with Crippen LogP contribution in [0.15, 0.2) is 84.9 Å². The van der Waals surface area contributed by atoms with Gasteiger partial charge in [-0.15, -0.1) is 5.30 Å². The van der Waals surface area contributed by atoms with Gasteiger partial charge in [0.2, 0.25) is 0 Å². The average Bonchev–Trinajstić information content (AvgIpc) is 2.89. The van der Waals surface area contributed by atoms with Crippen LogP contribution in [0.3, 0.4) is 0 Å². The molecule has 0 radical (unpaired) electrons. The Kier molecular flexibility index (Phi) is 10.5. The second kappa shape index (κ2) is 13.0. The van der Waals surface area contributed by atoms with Gasteiger partial charge >= 0.3 is 118 Å². The smallest absolute Gasteiger partial charge is 0.176 e. The first-order valence-corrected chi connectivity index (χ1v) is 18.1. The van der Waals surface area contributed by atoms with Crippen molar-refractivity contribution in [3.8, 4) is 0 Å². The largest absolute Gasteiger partial charge is 1.00 e. The van der Waals surface area contributed by atoms with Gasteiger partial charge in [-0.25, -0.2) is 0 Å². The molecule has 2 bridgehead atoms. The molecule has 0 saturated carbocycles. The Morgan fingerprint density at radius 1 is 0.784 bits per heavy atom. The topological polar surface area (TPSA) is 43.9 Å². The summed E-state index contributed by atoms with van der Waals surface area (Å²) in [5, 5.41) is 3.54. The normalized spacial score (nSPS) is 18.9. The Morgan fingerprint density at radius 3 is 1.62 bits per heavy atom. The standard InChI is InChI=1S/C18H14PS.C10H20N3O2P.Au/c20-19(16-10-4-1-5-11-16,17-12-6-2-7-13-17)18-14-8-3-9-15-18;1-9(14)12-4-11-5-13(10(2)15)8-16(3,6-11)7-12;/h1-14H;16H,4-8H2,1-3H3;/q-1;;+1. The zero-order chi connectivity index (χ0) is 25.8. The molecule has 2 aliphatic rings. The van der Waals surface area contributed by atoms with Crippen LogP contribution < -0.4 is 15.9 Å². The molecule has 0 unspecified atom stereocenters. The van der Waals surface area contributed by atoms with Crippen molar-refractivity contribution in [1.29, 1.82) is 0 Å². The number of hydrogen-bond donors (Lipinski definition) is 0. The van der Waals surface area contributed by atoms with Crippen molar-refractivity contribution in [3.63, 3.8) is 0 Å². The van der Waals surface area contributed by atoms with E-state index >= 15 is 0 Å². The van der Waals surface area contributed by atoms with Gasteiger partial charge in [-0.3, -0.25) is 0 Å². The molecule has 2 saturated heterocycles. The van der Waals surface area contributed by atoms with E-state index in [0.717, 1.165) is 24.2 Å². The van der Waals surface area contributed by atoms with Crippen molar-refractivity contribution < 1.29 is 32.0 Å². The monoisotopic (exact) mass is 735 g/mol. The average molecular weight is 736 g/mol. The molecular formula is C28H34AuN3O2P2S. The molecule has 3 aromatic carbocycles.